The van der Waals surface area contributed by atoms with Crippen molar-refractivity contribution in [1.82, 2.24) is 4.90 Å². The average Bonchev–Trinajstić information content (AvgIpc) is 2.41. The standard InChI is InChI=1S/C16H27FN2O/c1-13(2)12-19(10-11-20-3)9-8-16(18)14-6-4-5-7-15(14)17/h4-7,13,16H,8-12,18H2,1-3H3. The first-order valence-corrected chi connectivity index (χ1v) is 7.26. The molecule has 0 saturated carbocycles. The second-order valence-electron chi connectivity index (χ2n) is 5.60. The summed E-state index contributed by atoms with van der Waals surface area (Å²) in [5.74, 6) is 0.379. The van der Waals surface area contributed by atoms with Crippen LogP contribution in [0.3, 0.4) is 0 Å². The van der Waals surface area contributed by atoms with Crippen LogP contribution in [0.2, 0.25) is 0 Å². The minimum absolute atomic E-state index is 0.215. The Morgan fingerprint density at radius 2 is 1.95 bits per heavy atom. The second kappa shape index (κ2) is 9.06. The topological polar surface area (TPSA) is 38.5 Å². The van der Waals surface area contributed by atoms with E-state index in [2.05, 4.69) is 18.7 Å². The zero-order valence-corrected chi connectivity index (χ0v) is 12.8. The van der Waals surface area contributed by atoms with E-state index in [1.807, 2.05) is 6.07 Å². The number of halogens is 1. The molecule has 20 heavy (non-hydrogen) atoms. The summed E-state index contributed by atoms with van der Waals surface area (Å²) in [7, 11) is 1.71. The molecule has 0 saturated heterocycles. The quantitative estimate of drug-likeness (QED) is 0.757. The second-order valence-corrected chi connectivity index (χ2v) is 5.60. The minimum Gasteiger partial charge on any atom is -0.383 e. The molecule has 2 N–H and O–H groups in total. The van der Waals surface area contributed by atoms with Crippen LogP contribution in [0.5, 0.6) is 0 Å². The average molecular weight is 282 g/mol. The fourth-order valence-electron chi connectivity index (χ4n) is 2.28. The van der Waals surface area contributed by atoms with Gasteiger partial charge in [0.05, 0.1) is 6.61 Å². The van der Waals surface area contributed by atoms with E-state index >= 15 is 0 Å². The van der Waals surface area contributed by atoms with Crippen molar-refractivity contribution in [2.75, 3.05) is 33.4 Å². The lowest BCUT2D eigenvalue weighted by Gasteiger charge is -2.25. The van der Waals surface area contributed by atoms with Crippen LogP contribution < -0.4 is 5.73 Å². The molecule has 114 valence electrons. The molecular formula is C16H27FN2O. The van der Waals surface area contributed by atoms with Crippen LogP contribution in [-0.2, 0) is 4.74 Å². The van der Waals surface area contributed by atoms with Gasteiger partial charge in [-0.2, -0.15) is 0 Å². The summed E-state index contributed by atoms with van der Waals surface area (Å²) < 4.78 is 18.8. The Hall–Kier alpha value is -0.970. The zero-order chi connectivity index (χ0) is 15.0. The maximum atomic E-state index is 13.7. The molecule has 0 fully saturated rings. The molecule has 0 heterocycles. The maximum absolute atomic E-state index is 13.7. The van der Waals surface area contributed by atoms with Crippen molar-refractivity contribution in [1.29, 1.82) is 0 Å². The minimum atomic E-state index is -0.256. The van der Waals surface area contributed by atoms with Gasteiger partial charge in [-0.15, -0.1) is 0 Å². The molecule has 3 nitrogen and oxygen atoms in total. The lowest BCUT2D eigenvalue weighted by molar-refractivity contribution is 0.137. The van der Waals surface area contributed by atoms with Gasteiger partial charge in [-0.25, -0.2) is 4.39 Å². The van der Waals surface area contributed by atoms with E-state index in [4.69, 9.17) is 10.5 Å². The summed E-state index contributed by atoms with van der Waals surface area (Å²) in [6, 6.07) is 6.49. The molecule has 0 aromatic heterocycles. The van der Waals surface area contributed by atoms with Gasteiger partial charge in [-0.1, -0.05) is 32.0 Å². The summed E-state index contributed by atoms with van der Waals surface area (Å²) in [6.45, 7) is 7.85. The van der Waals surface area contributed by atoms with Gasteiger partial charge in [0.1, 0.15) is 5.82 Å². The van der Waals surface area contributed by atoms with Crippen molar-refractivity contribution in [3.8, 4) is 0 Å². The highest BCUT2D eigenvalue weighted by Crippen LogP contribution is 2.18. The van der Waals surface area contributed by atoms with E-state index in [0.29, 0.717) is 18.1 Å². The lowest BCUT2D eigenvalue weighted by atomic mass is 10.0. The Balaban J connectivity index is 2.51. The predicted octanol–water partition coefficient (Wildman–Crippen LogP) is 2.82. The molecule has 0 radical (unpaired) electrons. The highest BCUT2D eigenvalue weighted by molar-refractivity contribution is 5.20. The van der Waals surface area contributed by atoms with Gasteiger partial charge < -0.3 is 15.4 Å². The molecule has 0 spiro atoms. The SMILES string of the molecule is COCCN(CCC(N)c1ccccc1F)CC(C)C. The van der Waals surface area contributed by atoms with E-state index in [-0.39, 0.29) is 11.9 Å². The van der Waals surface area contributed by atoms with Crippen molar-refractivity contribution >= 4 is 0 Å². The Bertz CT molecular complexity index is 384. The molecule has 0 aliphatic rings. The number of hydrogen-bond donors (Lipinski definition) is 1. The van der Waals surface area contributed by atoms with Gasteiger partial charge in [-0.05, 0) is 18.4 Å². The van der Waals surface area contributed by atoms with Gasteiger partial charge in [0.15, 0.2) is 0 Å². The number of hydrogen-bond acceptors (Lipinski definition) is 3. The van der Waals surface area contributed by atoms with Crippen molar-refractivity contribution in [2.24, 2.45) is 11.7 Å². The Morgan fingerprint density at radius 3 is 2.55 bits per heavy atom. The molecule has 1 unspecified atom stereocenters. The normalized spacial score (nSPS) is 13.2. The smallest absolute Gasteiger partial charge is 0.127 e. The maximum Gasteiger partial charge on any atom is 0.127 e. The monoisotopic (exact) mass is 282 g/mol. The Morgan fingerprint density at radius 1 is 1.25 bits per heavy atom. The summed E-state index contributed by atoms with van der Waals surface area (Å²) in [4.78, 5) is 2.33. The molecule has 1 aromatic rings. The highest BCUT2D eigenvalue weighted by atomic mass is 19.1. The molecule has 0 bridgehead atoms. The fraction of sp³-hybridized carbons (Fsp3) is 0.625. The van der Waals surface area contributed by atoms with E-state index in [0.717, 1.165) is 26.1 Å². The van der Waals surface area contributed by atoms with E-state index in [1.54, 1.807) is 19.2 Å². The van der Waals surface area contributed by atoms with Gasteiger partial charge in [0, 0.05) is 38.3 Å². The van der Waals surface area contributed by atoms with Crippen LogP contribution in [0.4, 0.5) is 4.39 Å². The van der Waals surface area contributed by atoms with Crippen molar-refractivity contribution < 1.29 is 9.13 Å². The van der Waals surface area contributed by atoms with Crippen molar-refractivity contribution in [2.45, 2.75) is 26.3 Å². The van der Waals surface area contributed by atoms with E-state index in [1.165, 1.54) is 6.07 Å². The number of methoxy groups -OCH3 is 1. The third-order valence-corrected chi connectivity index (χ3v) is 3.30. The molecule has 1 aromatic carbocycles. The molecule has 0 aliphatic heterocycles. The molecule has 1 atom stereocenters. The molecule has 0 amide bonds. The number of nitrogens with zero attached hydrogens (tertiary/aromatic N) is 1. The first kappa shape index (κ1) is 17.1. The summed E-state index contributed by atoms with van der Waals surface area (Å²) in [6.07, 6.45) is 0.747. The Kier molecular flexibility index (Phi) is 7.73. The Labute approximate surface area is 121 Å². The van der Waals surface area contributed by atoms with Crippen LogP contribution >= 0.6 is 0 Å². The van der Waals surface area contributed by atoms with Gasteiger partial charge in [0.2, 0.25) is 0 Å². The third kappa shape index (κ3) is 5.99. The highest BCUT2D eigenvalue weighted by Gasteiger charge is 2.13. The summed E-state index contributed by atoms with van der Waals surface area (Å²) in [5.41, 5.74) is 6.71. The lowest BCUT2D eigenvalue weighted by Crippen LogP contribution is -2.33. The zero-order valence-electron chi connectivity index (χ0n) is 12.8. The van der Waals surface area contributed by atoms with Crippen LogP contribution in [0, 0.1) is 11.7 Å². The van der Waals surface area contributed by atoms with Crippen molar-refractivity contribution in [3.05, 3.63) is 35.6 Å². The summed E-state index contributed by atoms with van der Waals surface area (Å²) >= 11 is 0. The van der Waals surface area contributed by atoms with Crippen LogP contribution in [0.15, 0.2) is 24.3 Å². The van der Waals surface area contributed by atoms with Crippen LogP contribution in [0.25, 0.3) is 0 Å². The third-order valence-electron chi connectivity index (χ3n) is 3.30. The van der Waals surface area contributed by atoms with Gasteiger partial charge in [-0.3, -0.25) is 0 Å². The van der Waals surface area contributed by atoms with Gasteiger partial charge >= 0.3 is 0 Å². The number of ether oxygens (including phenoxy) is 1. The molecule has 0 aliphatic carbocycles. The molecule has 1 rings (SSSR count). The number of nitrogens with two attached hydrogens (primary N) is 1. The number of benzene rings is 1. The predicted molar refractivity (Wildman–Crippen MR) is 81.1 cm³/mol. The molecular weight excluding hydrogens is 255 g/mol. The first-order chi connectivity index (χ1) is 9.54. The summed E-state index contributed by atoms with van der Waals surface area (Å²) in [5, 5.41) is 0. The fourth-order valence-corrected chi connectivity index (χ4v) is 2.28. The first-order valence-electron chi connectivity index (χ1n) is 7.26. The molecule has 4 heteroatoms. The van der Waals surface area contributed by atoms with E-state index < -0.39 is 0 Å². The van der Waals surface area contributed by atoms with Crippen LogP contribution in [0.1, 0.15) is 31.9 Å². The van der Waals surface area contributed by atoms with Crippen molar-refractivity contribution in [3.63, 3.8) is 0 Å². The largest absolute Gasteiger partial charge is 0.383 e. The van der Waals surface area contributed by atoms with Crippen LogP contribution in [-0.4, -0.2) is 38.3 Å². The number of rotatable bonds is 9. The van der Waals surface area contributed by atoms with E-state index in [9.17, 15) is 4.39 Å². The van der Waals surface area contributed by atoms with Gasteiger partial charge in [0.25, 0.3) is 0 Å².